The Kier molecular flexibility index (Phi) is 12.6. The van der Waals surface area contributed by atoms with E-state index in [2.05, 4.69) is 0 Å². The van der Waals surface area contributed by atoms with E-state index in [4.69, 9.17) is 19.7 Å². The van der Waals surface area contributed by atoms with Crippen LogP contribution < -0.4 is 0 Å². The van der Waals surface area contributed by atoms with Crippen LogP contribution in [0.15, 0.2) is 24.3 Å². The minimum absolute atomic E-state index is 0.101. The van der Waals surface area contributed by atoms with Gasteiger partial charge in [0.05, 0.1) is 24.3 Å². The topological polar surface area (TPSA) is 127 Å². The highest BCUT2D eigenvalue weighted by molar-refractivity contribution is 5.92. The van der Waals surface area contributed by atoms with Crippen LogP contribution in [0, 0.1) is 0 Å². The quantitative estimate of drug-likeness (QED) is 0.301. The van der Waals surface area contributed by atoms with Gasteiger partial charge in [-0.1, -0.05) is 25.7 Å². The molecule has 1 aromatic carbocycles. The second-order valence-electron chi connectivity index (χ2n) is 6.96. The molecule has 0 aliphatic rings. The van der Waals surface area contributed by atoms with Crippen LogP contribution in [0.1, 0.15) is 84.9 Å². The van der Waals surface area contributed by atoms with Gasteiger partial charge in [0, 0.05) is 12.8 Å². The van der Waals surface area contributed by atoms with Gasteiger partial charge in [0.1, 0.15) is 0 Å². The van der Waals surface area contributed by atoms with Gasteiger partial charge in [-0.15, -0.1) is 0 Å². The molecule has 0 fully saturated rings. The molecule has 166 valence electrons. The number of carbonyl (C=O) groups is 4. The molecule has 1 aromatic rings. The van der Waals surface area contributed by atoms with E-state index in [1.54, 1.807) is 0 Å². The van der Waals surface area contributed by atoms with Crippen LogP contribution in [0.3, 0.4) is 0 Å². The lowest BCUT2D eigenvalue weighted by Gasteiger charge is -2.07. The number of benzene rings is 1. The molecule has 2 N–H and O–H groups in total. The van der Waals surface area contributed by atoms with Crippen LogP contribution in [0.25, 0.3) is 0 Å². The van der Waals surface area contributed by atoms with Gasteiger partial charge >= 0.3 is 23.9 Å². The summed E-state index contributed by atoms with van der Waals surface area (Å²) in [7, 11) is 0. The lowest BCUT2D eigenvalue weighted by Crippen LogP contribution is -2.09. The third kappa shape index (κ3) is 11.8. The van der Waals surface area contributed by atoms with Crippen molar-refractivity contribution >= 4 is 23.9 Å². The number of aliphatic carboxylic acids is 1. The first kappa shape index (κ1) is 25.1. The molecule has 0 aliphatic carbocycles. The second kappa shape index (κ2) is 15.0. The molecule has 0 bridgehead atoms. The van der Waals surface area contributed by atoms with Gasteiger partial charge in [0.15, 0.2) is 0 Å². The summed E-state index contributed by atoms with van der Waals surface area (Å²) in [6.45, 7) is 0.470. The molecule has 0 spiro atoms. The van der Waals surface area contributed by atoms with Crippen molar-refractivity contribution in [3.05, 3.63) is 35.4 Å². The lowest BCUT2D eigenvalue weighted by molar-refractivity contribution is -0.144. The lowest BCUT2D eigenvalue weighted by atomic mass is 10.1. The van der Waals surface area contributed by atoms with Crippen LogP contribution in [0.4, 0.5) is 0 Å². The van der Waals surface area contributed by atoms with Gasteiger partial charge in [-0.3, -0.25) is 9.59 Å². The number of rotatable bonds is 16. The molecule has 0 aromatic heterocycles. The standard InChI is InChI=1S/C22H30O8/c23-19(24)9-5-3-1-2-4-6-10-20(25)29-15-7-8-16-30-22(28)18-13-11-17(12-14-18)21(26)27/h11-14H,1-10,15-16H2,(H,23,24)(H,26,27). The van der Waals surface area contributed by atoms with Crippen molar-refractivity contribution in [3.63, 3.8) is 0 Å². The molecule has 0 aliphatic heterocycles. The van der Waals surface area contributed by atoms with Crippen molar-refractivity contribution in [2.24, 2.45) is 0 Å². The summed E-state index contributed by atoms with van der Waals surface area (Å²) in [6.07, 6.45) is 6.97. The molecule has 8 nitrogen and oxygen atoms in total. The summed E-state index contributed by atoms with van der Waals surface area (Å²) < 4.78 is 10.2. The number of carboxylic acid groups (broad SMARTS) is 2. The Bertz CT molecular complexity index is 681. The normalized spacial score (nSPS) is 10.4. The largest absolute Gasteiger partial charge is 0.481 e. The smallest absolute Gasteiger partial charge is 0.338 e. The molecule has 0 saturated heterocycles. The van der Waals surface area contributed by atoms with Crippen molar-refractivity contribution in [2.75, 3.05) is 13.2 Å². The van der Waals surface area contributed by atoms with Gasteiger partial charge in [0.25, 0.3) is 0 Å². The second-order valence-corrected chi connectivity index (χ2v) is 6.96. The van der Waals surface area contributed by atoms with E-state index in [1.807, 2.05) is 0 Å². The van der Waals surface area contributed by atoms with Crippen LogP contribution in [-0.2, 0) is 19.1 Å². The molecule has 1 rings (SSSR count). The fraction of sp³-hybridized carbons (Fsp3) is 0.545. The fourth-order valence-electron chi connectivity index (χ4n) is 2.71. The minimum atomic E-state index is -1.06. The molecule has 0 amide bonds. The molecule has 0 saturated carbocycles. The zero-order valence-electron chi connectivity index (χ0n) is 17.1. The third-order valence-corrected chi connectivity index (χ3v) is 4.42. The monoisotopic (exact) mass is 422 g/mol. The van der Waals surface area contributed by atoms with Gasteiger partial charge in [0.2, 0.25) is 0 Å². The molecular weight excluding hydrogens is 392 g/mol. The Morgan fingerprint density at radius 2 is 1.13 bits per heavy atom. The van der Waals surface area contributed by atoms with Crippen LogP contribution in [0.2, 0.25) is 0 Å². The molecule has 8 heteroatoms. The van der Waals surface area contributed by atoms with Crippen molar-refractivity contribution in [1.29, 1.82) is 0 Å². The Hall–Kier alpha value is -2.90. The Morgan fingerprint density at radius 1 is 0.633 bits per heavy atom. The van der Waals surface area contributed by atoms with Crippen LogP contribution in [0.5, 0.6) is 0 Å². The van der Waals surface area contributed by atoms with E-state index >= 15 is 0 Å². The average Bonchev–Trinajstić information content (AvgIpc) is 2.72. The zero-order chi connectivity index (χ0) is 22.2. The Balaban J connectivity index is 1.98. The van der Waals surface area contributed by atoms with Gasteiger partial charge < -0.3 is 19.7 Å². The fourth-order valence-corrected chi connectivity index (χ4v) is 2.71. The van der Waals surface area contributed by atoms with E-state index < -0.39 is 17.9 Å². The zero-order valence-corrected chi connectivity index (χ0v) is 17.1. The van der Waals surface area contributed by atoms with Gasteiger partial charge in [-0.2, -0.15) is 0 Å². The van der Waals surface area contributed by atoms with E-state index in [1.165, 1.54) is 24.3 Å². The summed E-state index contributed by atoms with van der Waals surface area (Å²) in [6, 6.07) is 5.50. The SMILES string of the molecule is O=C(O)CCCCCCCCC(=O)OCCCCOC(=O)c1ccc(C(=O)O)cc1. The van der Waals surface area contributed by atoms with E-state index in [9.17, 15) is 19.2 Å². The Morgan fingerprint density at radius 3 is 1.70 bits per heavy atom. The number of carboxylic acids is 2. The number of carbonyl (C=O) groups excluding carboxylic acids is 2. The molecule has 30 heavy (non-hydrogen) atoms. The predicted octanol–water partition coefficient (Wildman–Crippen LogP) is 4.07. The first-order valence-electron chi connectivity index (χ1n) is 10.3. The maximum Gasteiger partial charge on any atom is 0.338 e. The summed E-state index contributed by atoms with van der Waals surface area (Å²) in [5.74, 6) is -2.58. The van der Waals surface area contributed by atoms with Crippen molar-refractivity contribution in [3.8, 4) is 0 Å². The molecule has 0 unspecified atom stereocenters. The highest BCUT2D eigenvalue weighted by atomic mass is 16.5. The number of unbranched alkanes of at least 4 members (excludes halogenated alkanes) is 6. The highest BCUT2D eigenvalue weighted by Gasteiger charge is 2.09. The first-order chi connectivity index (χ1) is 14.4. The predicted molar refractivity (Wildman–Crippen MR) is 108 cm³/mol. The number of hydrogen-bond acceptors (Lipinski definition) is 6. The summed E-state index contributed by atoms with van der Waals surface area (Å²) in [4.78, 5) is 44.6. The van der Waals surface area contributed by atoms with Gasteiger partial charge in [-0.05, 0) is 49.9 Å². The van der Waals surface area contributed by atoms with Crippen molar-refractivity contribution < 1.29 is 38.9 Å². The molecule has 0 heterocycles. The maximum atomic E-state index is 11.8. The maximum absolute atomic E-state index is 11.8. The van der Waals surface area contributed by atoms with Crippen LogP contribution in [-0.4, -0.2) is 47.3 Å². The van der Waals surface area contributed by atoms with Crippen molar-refractivity contribution in [1.82, 2.24) is 0 Å². The number of aromatic carboxylic acids is 1. The molecule has 0 radical (unpaired) electrons. The highest BCUT2D eigenvalue weighted by Crippen LogP contribution is 2.10. The van der Waals surface area contributed by atoms with E-state index in [-0.39, 0.29) is 36.7 Å². The summed E-state index contributed by atoms with van der Waals surface area (Å²) >= 11 is 0. The van der Waals surface area contributed by atoms with Gasteiger partial charge in [-0.25, -0.2) is 9.59 Å². The number of esters is 2. The van der Waals surface area contributed by atoms with E-state index in [0.717, 1.165) is 32.1 Å². The average molecular weight is 422 g/mol. The van der Waals surface area contributed by atoms with Crippen LogP contribution >= 0.6 is 0 Å². The molecule has 0 atom stereocenters. The number of ether oxygens (including phenoxy) is 2. The summed E-state index contributed by atoms with van der Waals surface area (Å²) in [5, 5.41) is 17.4. The minimum Gasteiger partial charge on any atom is -0.481 e. The Labute approximate surface area is 176 Å². The third-order valence-electron chi connectivity index (χ3n) is 4.42. The van der Waals surface area contributed by atoms with Crippen molar-refractivity contribution in [2.45, 2.75) is 64.2 Å². The summed E-state index contributed by atoms with van der Waals surface area (Å²) in [5.41, 5.74) is 0.386. The number of hydrogen-bond donors (Lipinski definition) is 2. The van der Waals surface area contributed by atoms with E-state index in [0.29, 0.717) is 25.7 Å². The first-order valence-corrected chi connectivity index (χ1v) is 10.3. The molecular formula is C22H30O8.